The summed E-state index contributed by atoms with van der Waals surface area (Å²) in [5, 5.41) is 3.23. The minimum absolute atomic E-state index is 0.0138. The van der Waals surface area contributed by atoms with Gasteiger partial charge in [0.1, 0.15) is 6.04 Å². The molecule has 2 fully saturated rings. The maximum absolute atomic E-state index is 13.7. The fourth-order valence-corrected chi connectivity index (χ4v) is 4.47. The number of carbonyl (C=O) groups excluding carboxylic acids is 2. The van der Waals surface area contributed by atoms with Gasteiger partial charge in [0.2, 0.25) is 5.91 Å². The Balaban J connectivity index is 1.74. The topological polar surface area (TPSA) is 74.8 Å². The van der Waals surface area contributed by atoms with Gasteiger partial charge in [-0.2, -0.15) is 0 Å². The monoisotopic (exact) mass is 449 g/mol. The summed E-state index contributed by atoms with van der Waals surface area (Å²) in [6, 6.07) is 10.9. The Kier molecular flexibility index (Phi) is 6.57. The van der Waals surface area contributed by atoms with Crippen LogP contribution in [-0.2, 0) is 19.7 Å². The van der Waals surface area contributed by atoms with Gasteiger partial charge in [-0.3, -0.25) is 19.5 Å². The Hall–Kier alpha value is -2.73. The molecule has 1 aromatic carbocycles. The van der Waals surface area contributed by atoms with Crippen molar-refractivity contribution < 1.29 is 14.3 Å². The molecule has 1 aromatic heterocycles. The molecule has 2 aliphatic rings. The van der Waals surface area contributed by atoms with Crippen molar-refractivity contribution in [3.05, 3.63) is 59.9 Å². The van der Waals surface area contributed by atoms with Gasteiger partial charge < -0.3 is 10.1 Å². The Bertz CT molecular complexity index is 972. The van der Waals surface area contributed by atoms with Crippen LogP contribution in [0.1, 0.15) is 77.0 Å². The second kappa shape index (κ2) is 9.26. The molecule has 2 amide bonds. The lowest BCUT2D eigenvalue weighted by Gasteiger charge is -2.34. The van der Waals surface area contributed by atoms with Gasteiger partial charge in [-0.1, -0.05) is 58.2 Å². The average Bonchev–Trinajstić information content (AvgIpc) is 3.56. The third-order valence-electron chi connectivity index (χ3n) is 6.72. The van der Waals surface area contributed by atoms with Crippen molar-refractivity contribution in [1.82, 2.24) is 10.3 Å². The minimum atomic E-state index is -0.908. The van der Waals surface area contributed by atoms with E-state index in [4.69, 9.17) is 4.74 Å². The number of aromatic nitrogens is 1. The predicted octanol–water partition coefficient (Wildman–Crippen LogP) is 4.69. The fourth-order valence-electron chi connectivity index (χ4n) is 4.47. The number of nitrogens with zero attached hydrogens (tertiary/aromatic N) is 2. The predicted molar refractivity (Wildman–Crippen MR) is 129 cm³/mol. The standard InChI is InChI=1S/C27H35N3O3/c1-26(2,3)20-12-14-22(15-13-20)30(25(32)27(4)18-33-27)23(19-9-8-16-28-17-19)24(31)29-21-10-6-5-7-11-21/h8-9,12-17,21,23H,5-7,10-11,18H2,1-4H3,(H,29,31). The van der Waals surface area contributed by atoms with Gasteiger partial charge >= 0.3 is 0 Å². The Labute approximate surface area is 196 Å². The number of amides is 2. The van der Waals surface area contributed by atoms with Crippen molar-refractivity contribution in [3.63, 3.8) is 0 Å². The first kappa shape index (κ1) is 23.4. The molecule has 1 saturated heterocycles. The molecule has 6 nitrogen and oxygen atoms in total. The van der Waals surface area contributed by atoms with Crippen LogP contribution in [0.25, 0.3) is 0 Å². The van der Waals surface area contributed by atoms with Crippen LogP contribution in [0.5, 0.6) is 0 Å². The van der Waals surface area contributed by atoms with E-state index in [9.17, 15) is 9.59 Å². The zero-order valence-corrected chi connectivity index (χ0v) is 20.1. The first-order valence-corrected chi connectivity index (χ1v) is 12.0. The largest absolute Gasteiger partial charge is 0.359 e. The van der Waals surface area contributed by atoms with Crippen LogP contribution in [0.3, 0.4) is 0 Å². The molecule has 1 saturated carbocycles. The summed E-state index contributed by atoms with van der Waals surface area (Å²) in [5.74, 6) is -0.383. The molecule has 2 aromatic rings. The lowest BCUT2D eigenvalue weighted by Crippen LogP contribution is -2.50. The summed E-state index contributed by atoms with van der Waals surface area (Å²) in [6.07, 6.45) is 8.73. The molecule has 1 N–H and O–H groups in total. The molecule has 2 heterocycles. The summed E-state index contributed by atoms with van der Waals surface area (Å²) >= 11 is 0. The highest BCUT2D eigenvalue weighted by atomic mass is 16.6. The Morgan fingerprint density at radius 3 is 2.33 bits per heavy atom. The molecule has 0 radical (unpaired) electrons. The highest BCUT2D eigenvalue weighted by Crippen LogP contribution is 2.37. The van der Waals surface area contributed by atoms with E-state index in [1.807, 2.05) is 30.3 Å². The van der Waals surface area contributed by atoms with Gasteiger partial charge in [0.05, 0.1) is 6.61 Å². The van der Waals surface area contributed by atoms with E-state index in [1.165, 1.54) is 6.42 Å². The van der Waals surface area contributed by atoms with E-state index in [0.29, 0.717) is 17.9 Å². The number of hydrogen-bond acceptors (Lipinski definition) is 4. The normalized spacial score (nSPS) is 21.8. The second-order valence-corrected chi connectivity index (χ2v) is 10.5. The van der Waals surface area contributed by atoms with Crippen molar-refractivity contribution in [2.45, 2.75) is 82.9 Å². The Morgan fingerprint density at radius 2 is 1.79 bits per heavy atom. The maximum atomic E-state index is 13.7. The molecular formula is C27H35N3O3. The summed E-state index contributed by atoms with van der Waals surface area (Å²) in [5.41, 5.74) is 1.60. The van der Waals surface area contributed by atoms with Gasteiger partial charge in [0.25, 0.3) is 5.91 Å². The molecule has 1 aliphatic heterocycles. The van der Waals surface area contributed by atoms with Crippen molar-refractivity contribution in [1.29, 1.82) is 0 Å². The number of nitrogens with one attached hydrogen (secondary N) is 1. The van der Waals surface area contributed by atoms with Crippen molar-refractivity contribution in [2.24, 2.45) is 0 Å². The van der Waals surface area contributed by atoms with E-state index in [2.05, 4.69) is 31.1 Å². The molecule has 6 heteroatoms. The van der Waals surface area contributed by atoms with E-state index in [-0.39, 0.29) is 23.3 Å². The van der Waals surface area contributed by atoms with E-state index >= 15 is 0 Å². The lowest BCUT2D eigenvalue weighted by molar-refractivity contribution is -0.129. The third kappa shape index (κ3) is 5.27. The van der Waals surface area contributed by atoms with Gasteiger partial charge in [0, 0.05) is 29.7 Å². The van der Waals surface area contributed by atoms with Crippen LogP contribution in [0.2, 0.25) is 0 Å². The summed E-state index contributed by atoms with van der Waals surface area (Å²) in [7, 11) is 0. The van der Waals surface area contributed by atoms with Gasteiger partial charge in [-0.15, -0.1) is 0 Å². The SMILES string of the molecule is CC1(C(=O)N(c2ccc(C(C)(C)C)cc2)C(C(=O)NC2CCCCC2)c2cccnc2)CO1. The number of carbonyl (C=O) groups is 2. The number of ether oxygens (including phenoxy) is 1. The van der Waals surface area contributed by atoms with Gasteiger partial charge in [0.15, 0.2) is 5.60 Å². The summed E-state index contributed by atoms with van der Waals surface area (Å²) < 4.78 is 5.52. The molecule has 1 aliphatic carbocycles. The lowest BCUT2D eigenvalue weighted by atomic mass is 9.87. The third-order valence-corrected chi connectivity index (χ3v) is 6.72. The zero-order chi connectivity index (χ0) is 23.6. The van der Waals surface area contributed by atoms with Crippen LogP contribution in [0.15, 0.2) is 48.8 Å². The molecule has 2 unspecified atom stereocenters. The van der Waals surface area contributed by atoms with E-state index < -0.39 is 11.6 Å². The van der Waals surface area contributed by atoms with E-state index in [1.54, 1.807) is 30.3 Å². The summed E-state index contributed by atoms with van der Waals surface area (Å²) in [4.78, 5) is 33.3. The molecule has 176 valence electrons. The van der Waals surface area contributed by atoms with Crippen LogP contribution >= 0.6 is 0 Å². The number of hydrogen-bond donors (Lipinski definition) is 1. The smallest absolute Gasteiger partial charge is 0.262 e. The minimum Gasteiger partial charge on any atom is -0.359 e. The quantitative estimate of drug-likeness (QED) is 0.649. The average molecular weight is 450 g/mol. The maximum Gasteiger partial charge on any atom is 0.262 e. The highest BCUT2D eigenvalue weighted by molar-refractivity contribution is 6.06. The van der Waals surface area contributed by atoms with Crippen molar-refractivity contribution in [3.8, 4) is 0 Å². The first-order valence-electron chi connectivity index (χ1n) is 12.0. The molecule has 33 heavy (non-hydrogen) atoms. The van der Waals surface area contributed by atoms with Crippen LogP contribution in [0, 0.1) is 0 Å². The molecule has 0 spiro atoms. The molecule has 4 rings (SSSR count). The number of pyridine rings is 1. The molecular weight excluding hydrogens is 414 g/mol. The summed E-state index contributed by atoms with van der Waals surface area (Å²) in [6.45, 7) is 8.60. The molecule has 0 bridgehead atoms. The molecule has 2 atom stereocenters. The fraction of sp³-hybridized carbons (Fsp3) is 0.519. The first-order chi connectivity index (χ1) is 15.7. The second-order valence-electron chi connectivity index (χ2n) is 10.5. The van der Waals surface area contributed by atoms with Crippen LogP contribution in [-0.4, -0.2) is 35.0 Å². The van der Waals surface area contributed by atoms with Crippen molar-refractivity contribution in [2.75, 3.05) is 11.5 Å². The number of epoxide rings is 1. The number of rotatable bonds is 6. The number of anilines is 1. The number of benzene rings is 1. The Morgan fingerprint density at radius 1 is 1.12 bits per heavy atom. The van der Waals surface area contributed by atoms with Crippen LogP contribution in [0.4, 0.5) is 5.69 Å². The van der Waals surface area contributed by atoms with Crippen molar-refractivity contribution >= 4 is 17.5 Å². The van der Waals surface area contributed by atoms with Gasteiger partial charge in [-0.05, 0) is 48.9 Å². The van der Waals surface area contributed by atoms with Gasteiger partial charge in [-0.25, -0.2) is 0 Å². The highest BCUT2D eigenvalue weighted by Gasteiger charge is 2.52. The van der Waals surface area contributed by atoms with E-state index in [0.717, 1.165) is 31.2 Å². The van der Waals surface area contributed by atoms with Crippen LogP contribution < -0.4 is 10.2 Å². The zero-order valence-electron chi connectivity index (χ0n) is 20.1.